The Kier molecular flexibility index (Phi) is 4.16. The van der Waals surface area contributed by atoms with Crippen molar-refractivity contribution >= 4 is 11.8 Å². The number of hydrogen-bond acceptors (Lipinski definition) is 5. The molecule has 0 amide bonds. The summed E-state index contributed by atoms with van der Waals surface area (Å²) in [5.41, 5.74) is 1.30. The molecule has 4 nitrogen and oxygen atoms in total. The molecule has 0 saturated heterocycles. The van der Waals surface area contributed by atoms with Crippen LogP contribution in [0.3, 0.4) is 0 Å². The summed E-state index contributed by atoms with van der Waals surface area (Å²) in [6, 6.07) is 5.73. The first kappa shape index (κ1) is 15.0. The number of rotatable bonds is 4. The van der Waals surface area contributed by atoms with Gasteiger partial charge in [-0.15, -0.1) is 11.8 Å². The third-order valence-electron chi connectivity index (χ3n) is 3.75. The summed E-state index contributed by atoms with van der Waals surface area (Å²) in [5.74, 6) is 1.92. The fourth-order valence-corrected chi connectivity index (χ4v) is 3.48. The Morgan fingerprint density at radius 3 is 3.00 bits per heavy atom. The molecule has 0 fully saturated rings. The van der Waals surface area contributed by atoms with Crippen molar-refractivity contribution in [2.45, 2.75) is 37.3 Å². The maximum Gasteiger partial charge on any atom is 0.342 e. The molecular formula is C17H18O4S. The number of ether oxygens (including phenoxy) is 1. The van der Waals surface area contributed by atoms with Gasteiger partial charge in [0.05, 0.1) is 12.2 Å². The average Bonchev–Trinajstić information content (AvgIpc) is 2.52. The predicted molar refractivity (Wildman–Crippen MR) is 86.8 cm³/mol. The Morgan fingerprint density at radius 2 is 2.23 bits per heavy atom. The number of aromatic hydroxyl groups is 1. The Morgan fingerprint density at radius 1 is 1.41 bits per heavy atom. The molecule has 2 heterocycles. The van der Waals surface area contributed by atoms with Gasteiger partial charge in [-0.25, -0.2) is 4.79 Å². The van der Waals surface area contributed by atoms with Crippen LogP contribution in [0.2, 0.25) is 0 Å². The highest BCUT2D eigenvalue weighted by Gasteiger charge is 2.25. The first-order valence-electron chi connectivity index (χ1n) is 7.37. The molecule has 2 aromatic rings. The zero-order chi connectivity index (χ0) is 15.7. The number of benzene rings is 1. The molecule has 1 aliphatic heterocycles. The standard InChI is InChI=1S/C17H18O4S/c1-3-4-7-20-11-5-6-12-14(8-11)22-9-13-15(18)10(2)17(19)21-16(12)13/h5-6,8,18H,3-4,7,9H2,1-2H3. The van der Waals surface area contributed by atoms with Crippen molar-refractivity contribution < 1.29 is 14.3 Å². The quantitative estimate of drug-likeness (QED) is 0.860. The molecule has 0 aliphatic carbocycles. The van der Waals surface area contributed by atoms with E-state index in [1.807, 2.05) is 18.2 Å². The highest BCUT2D eigenvalue weighted by atomic mass is 32.2. The highest BCUT2D eigenvalue weighted by molar-refractivity contribution is 7.98. The van der Waals surface area contributed by atoms with E-state index in [0.717, 1.165) is 29.1 Å². The van der Waals surface area contributed by atoms with Gasteiger partial charge >= 0.3 is 5.63 Å². The van der Waals surface area contributed by atoms with Crippen molar-refractivity contribution in [3.63, 3.8) is 0 Å². The average molecular weight is 318 g/mol. The van der Waals surface area contributed by atoms with E-state index in [9.17, 15) is 9.90 Å². The van der Waals surface area contributed by atoms with Crippen LogP contribution in [0.4, 0.5) is 0 Å². The van der Waals surface area contributed by atoms with Crippen LogP contribution in [-0.4, -0.2) is 11.7 Å². The third kappa shape index (κ3) is 2.61. The second kappa shape index (κ2) is 6.08. The normalized spacial score (nSPS) is 12.6. The molecule has 0 unspecified atom stereocenters. The smallest absolute Gasteiger partial charge is 0.342 e. The maximum atomic E-state index is 11.8. The predicted octanol–water partition coefficient (Wildman–Crippen LogP) is 4.11. The van der Waals surface area contributed by atoms with Crippen LogP contribution in [0.1, 0.15) is 30.9 Å². The van der Waals surface area contributed by atoms with Crippen LogP contribution in [0.5, 0.6) is 11.5 Å². The van der Waals surface area contributed by atoms with Gasteiger partial charge in [-0.2, -0.15) is 0 Å². The van der Waals surface area contributed by atoms with E-state index >= 15 is 0 Å². The molecule has 1 aliphatic rings. The summed E-state index contributed by atoms with van der Waals surface area (Å²) in [5, 5.41) is 10.1. The minimum Gasteiger partial charge on any atom is -0.507 e. The Labute approximate surface area is 133 Å². The fourth-order valence-electron chi connectivity index (χ4n) is 2.40. The van der Waals surface area contributed by atoms with E-state index in [2.05, 4.69) is 6.92 Å². The SMILES string of the molecule is CCCCOc1ccc2c(c1)SCc1c-2oc(=O)c(C)c1O. The fraction of sp³-hybridized carbons (Fsp3) is 0.353. The zero-order valence-electron chi connectivity index (χ0n) is 12.6. The van der Waals surface area contributed by atoms with Gasteiger partial charge in [0.2, 0.25) is 0 Å². The van der Waals surface area contributed by atoms with Gasteiger partial charge in [-0.05, 0) is 31.5 Å². The van der Waals surface area contributed by atoms with Crippen LogP contribution in [-0.2, 0) is 5.75 Å². The second-order valence-electron chi connectivity index (χ2n) is 5.32. The van der Waals surface area contributed by atoms with Crippen molar-refractivity contribution in [2.75, 3.05) is 6.61 Å². The minimum atomic E-state index is -0.489. The van der Waals surface area contributed by atoms with Gasteiger partial charge in [-0.3, -0.25) is 0 Å². The van der Waals surface area contributed by atoms with E-state index in [1.165, 1.54) is 0 Å². The van der Waals surface area contributed by atoms with Crippen molar-refractivity contribution in [1.29, 1.82) is 0 Å². The molecule has 0 bridgehead atoms. The van der Waals surface area contributed by atoms with Gasteiger partial charge in [0, 0.05) is 21.8 Å². The topological polar surface area (TPSA) is 59.7 Å². The summed E-state index contributed by atoms with van der Waals surface area (Å²) < 4.78 is 11.1. The second-order valence-corrected chi connectivity index (χ2v) is 6.34. The van der Waals surface area contributed by atoms with Gasteiger partial charge in [0.15, 0.2) is 0 Å². The molecule has 1 aromatic heterocycles. The number of thioether (sulfide) groups is 1. The lowest BCUT2D eigenvalue weighted by Gasteiger charge is -2.20. The largest absolute Gasteiger partial charge is 0.507 e. The molecule has 5 heteroatoms. The highest BCUT2D eigenvalue weighted by Crippen LogP contribution is 2.45. The van der Waals surface area contributed by atoms with E-state index < -0.39 is 5.63 Å². The molecule has 1 aromatic carbocycles. The molecule has 1 N–H and O–H groups in total. The van der Waals surface area contributed by atoms with Crippen LogP contribution < -0.4 is 10.4 Å². The van der Waals surface area contributed by atoms with Crippen LogP contribution in [0.25, 0.3) is 11.3 Å². The van der Waals surface area contributed by atoms with E-state index in [0.29, 0.717) is 23.7 Å². The summed E-state index contributed by atoms with van der Waals surface area (Å²) >= 11 is 1.61. The molecule has 0 atom stereocenters. The Bertz CT molecular complexity index is 764. The molecule has 3 rings (SSSR count). The van der Waals surface area contributed by atoms with Crippen molar-refractivity contribution in [1.82, 2.24) is 0 Å². The van der Waals surface area contributed by atoms with Gasteiger partial charge in [0.1, 0.15) is 17.3 Å². The first-order valence-corrected chi connectivity index (χ1v) is 8.36. The van der Waals surface area contributed by atoms with Crippen molar-refractivity contribution in [3.8, 4) is 22.8 Å². The monoisotopic (exact) mass is 318 g/mol. The number of hydrogen-bond donors (Lipinski definition) is 1. The lowest BCUT2D eigenvalue weighted by molar-refractivity contribution is 0.308. The molecule has 0 saturated carbocycles. The van der Waals surface area contributed by atoms with Crippen LogP contribution >= 0.6 is 11.8 Å². The molecular weight excluding hydrogens is 300 g/mol. The molecule has 0 radical (unpaired) electrons. The van der Waals surface area contributed by atoms with Crippen LogP contribution in [0, 0.1) is 6.92 Å². The Hall–Kier alpha value is -1.88. The van der Waals surface area contributed by atoms with E-state index in [-0.39, 0.29) is 11.3 Å². The molecule has 116 valence electrons. The molecule has 0 spiro atoms. The van der Waals surface area contributed by atoms with E-state index in [1.54, 1.807) is 18.7 Å². The summed E-state index contributed by atoms with van der Waals surface area (Å²) in [6.45, 7) is 4.40. The number of unbranched alkanes of at least 4 members (excludes halogenated alkanes) is 1. The zero-order valence-corrected chi connectivity index (χ0v) is 13.5. The summed E-state index contributed by atoms with van der Waals surface area (Å²) in [6.07, 6.45) is 2.12. The van der Waals surface area contributed by atoms with Crippen LogP contribution in [0.15, 0.2) is 32.3 Å². The van der Waals surface area contributed by atoms with Crippen molar-refractivity contribution in [2.24, 2.45) is 0 Å². The van der Waals surface area contributed by atoms with Crippen molar-refractivity contribution in [3.05, 3.63) is 39.7 Å². The third-order valence-corrected chi connectivity index (χ3v) is 4.83. The number of fused-ring (bicyclic) bond motifs is 3. The lowest BCUT2D eigenvalue weighted by atomic mass is 10.0. The molecule has 22 heavy (non-hydrogen) atoms. The lowest BCUT2D eigenvalue weighted by Crippen LogP contribution is -2.09. The summed E-state index contributed by atoms with van der Waals surface area (Å²) in [4.78, 5) is 12.8. The van der Waals surface area contributed by atoms with Gasteiger partial charge < -0.3 is 14.3 Å². The Balaban J connectivity index is 2.00. The van der Waals surface area contributed by atoms with Gasteiger partial charge in [0.25, 0.3) is 0 Å². The maximum absolute atomic E-state index is 11.8. The van der Waals surface area contributed by atoms with E-state index in [4.69, 9.17) is 9.15 Å². The van der Waals surface area contributed by atoms with Gasteiger partial charge in [-0.1, -0.05) is 13.3 Å². The minimum absolute atomic E-state index is 0.0488. The summed E-state index contributed by atoms with van der Waals surface area (Å²) in [7, 11) is 0. The first-order chi connectivity index (χ1) is 10.6.